The van der Waals surface area contributed by atoms with Gasteiger partial charge in [-0.1, -0.05) is 0 Å². The molecule has 3 atom stereocenters. The third-order valence-electron chi connectivity index (χ3n) is 3.31. The molecule has 2 heterocycles. The van der Waals surface area contributed by atoms with Crippen LogP contribution in [0.5, 0.6) is 0 Å². The van der Waals surface area contributed by atoms with Crippen LogP contribution in [0.2, 0.25) is 0 Å². The smallest absolute Gasteiger partial charge is 0.330 e. The van der Waals surface area contributed by atoms with Gasteiger partial charge in [0.15, 0.2) is 9.84 Å². The van der Waals surface area contributed by atoms with Crippen molar-refractivity contribution in [3.05, 3.63) is 32.6 Å². The monoisotopic (exact) mass is 334 g/mol. The minimum atomic E-state index is -3.32. The van der Waals surface area contributed by atoms with E-state index in [2.05, 4.69) is 4.98 Å². The van der Waals surface area contributed by atoms with Gasteiger partial charge in [-0.15, -0.1) is 0 Å². The van der Waals surface area contributed by atoms with Crippen LogP contribution in [0.1, 0.15) is 18.2 Å². The molecule has 2 N–H and O–H groups in total. The summed E-state index contributed by atoms with van der Waals surface area (Å²) in [5.74, 6) is -0.496. The van der Waals surface area contributed by atoms with Crippen LogP contribution in [-0.2, 0) is 19.3 Å². The lowest BCUT2D eigenvalue weighted by atomic mass is 10.2. The molecule has 10 heteroatoms. The second-order valence-electron chi connectivity index (χ2n) is 5.27. The van der Waals surface area contributed by atoms with Crippen LogP contribution in [0.4, 0.5) is 0 Å². The Morgan fingerprint density at radius 3 is 2.77 bits per heavy atom. The highest BCUT2D eigenvalue weighted by Crippen LogP contribution is 2.29. The molecule has 1 saturated heterocycles. The van der Waals surface area contributed by atoms with Crippen molar-refractivity contribution < 1.29 is 23.0 Å². The quantitative estimate of drug-likeness (QED) is 0.671. The van der Waals surface area contributed by atoms with Gasteiger partial charge in [0.25, 0.3) is 5.56 Å². The Morgan fingerprint density at radius 1 is 1.50 bits per heavy atom. The van der Waals surface area contributed by atoms with E-state index >= 15 is 0 Å². The number of nitrogens with one attached hydrogen (secondary N) is 1. The molecule has 0 aliphatic carbocycles. The van der Waals surface area contributed by atoms with Crippen molar-refractivity contribution >= 4 is 9.84 Å². The number of ether oxygens (including phenoxy) is 2. The fourth-order valence-electron chi connectivity index (χ4n) is 2.22. The van der Waals surface area contributed by atoms with E-state index in [-0.39, 0.29) is 13.0 Å². The number of hydrogen-bond donors (Lipinski definition) is 2. The lowest BCUT2D eigenvalue weighted by Crippen LogP contribution is -2.33. The summed E-state index contributed by atoms with van der Waals surface area (Å²) in [6, 6.07) is 0. The average molecular weight is 334 g/mol. The van der Waals surface area contributed by atoms with E-state index in [4.69, 9.17) is 9.47 Å². The SMILES string of the molecule is Cc1cn(C2CC(OCS(C)(=O)=O)C(CO)O2)c(=O)[nH]c1=O. The second kappa shape index (κ2) is 6.32. The van der Waals surface area contributed by atoms with Crippen LogP contribution in [-0.4, -0.2) is 54.1 Å². The number of rotatable bonds is 5. The molecule has 1 aliphatic rings. The van der Waals surface area contributed by atoms with Gasteiger partial charge >= 0.3 is 5.69 Å². The number of aryl methyl sites for hydroxylation is 1. The molecule has 0 saturated carbocycles. The summed E-state index contributed by atoms with van der Waals surface area (Å²) >= 11 is 0. The lowest BCUT2D eigenvalue weighted by Gasteiger charge is -2.15. The van der Waals surface area contributed by atoms with Gasteiger partial charge in [0.2, 0.25) is 0 Å². The van der Waals surface area contributed by atoms with E-state index in [1.165, 1.54) is 10.8 Å². The number of H-pyrrole nitrogens is 1. The number of hydrogen-bond acceptors (Lipinski definition) is 7. The van der Waals surface area contributed by atoms with Crippen molar-refractivity contribution in [2.24, 2.45) is 0 Å². The summed E-state index contributed by atoms with van der Waals surface area (Å²) in [5, 5.41) is 9.30. The molecule has 22 heavy (non-hydrogen) atoms. The maximum absolute atomic E-state index is 11.8. The van der Waals surface area contributed by atoms with Crippen molar-refractivity contribution in [3.63, 3.8) is 0 Å². The van der Waals surface area contributed by atoms with E-state index < -0.39 is 45.5 Å². The van der Waals surface area contributed by atoms with Gasteiger partial charge in [-0.25, -0.2) is 13.2 Å². The molecule has 9 nitrogen and oxygen atoms in total. The summed E-state index contributed by atoms with van der Waals surface area (Å²) in [6.07, 6.45) is 0.426. The summed E-state index contributed by atoms with van der Waals surface area (Å²) < 4.78 is 34.3. The average Bonchev–Trinajstić information content (AvgIpc) is 2.83. The third-order valence-corrected chi connectivity index (χ3v) is 3.88. The highest BCUT2D eigenvalue weighted by molar-refractivity contribution is 7.90. The van der Waals surface area contributed by atoms with Crippen molar-refractivity contribution in [2.75, 3.05) is 18.8 Å². The first kappa shape index (κ1) is 16.9. The molecule has 1 aliphatic heterocycles. The maximum atomic E-state index is 11.8. The second-order valence-corrected chi connectivity index (χ2v) is 7.36. The zero-order chi connectivity index (χ0) is 16.5. The number of aliphatic hydroxyl groups excluding tert-OH is 1. The number of aliphatic hydroxyl groups is 1. The molecule has 1 aromatic rings. The van der Waals surface area contributed by atoms with Crippen LogP contribution >= 0.6 is 0 Å². The van der Waals surface area contributed by atoms with Crippen LogP contribution in [0.3, 0.4) is 0 Å². The summed E-state index contributed by atoms with van der Waals surface area (Å²) in [6.45, 7) is 1.17. The molecule has 1 aromatic heterocycles. The third kappa shape index (κ3) is 3.83. The van der Waals surface area contributed by atoms with E-state index in [1.54, 1.807) is 6.92 Å². The Hall–Kier alpha value is -1.49. The standard InChI is InChI=1S/C12H18N2O7S/c1-7-4-14(12(17)13-11(7)16)10-3-8(9(5-15)21-10)20-6-22(2,18)19/h4,8-10,15H,3,5-6H2,1-2H3,(H,13,16,17). The first-order valence-corrected chi connectivity index (χ1v) is 8.65. The van der Waals surface area contributed by atoms with Gasteiger partial charge < -0.3 is 14.6 Å². The largest absolute Gasteiger partial charge is 0.394 e. The van der Waals surface area contributed by atoms with Crippen molar-refractivity contribution in [1.29, 1.82) is 0 Å². The van der Waals surface area contributed by atoms with Crippen LogP contribution in [0, 0.1) is 6.92 Å². The molecular weight excluding hydrogens is 316 g/mol. The number of aromatic nitrogens is 2. The Balaban J connectivity index is 2.20. The first-order valence-electron chi connectivity index (χ1n) is 6.59. The highest BCUT2D eigenvalue weighted by atomic mass is 32.2. The van der Waals surface area contributed by atoms with E-state index in [0.717, 1.165) is 6.26 Å². The summed E-state index contributed by atoms with van der Waals surface area (Å²) in [4.78, 5) is 25.4. The molecule has 124 valence electrons. The number of sulfone groups is 1. The molecular formula is C12H18N2O7S. The van der Waals surface area contributed by atoms with Gasteiger partial charge in [0, 0.05) is 24.4 Å². The Bertz CT molecular complexity index is 751. The summed E-state index contributed by atoms with van der Waals surface area (Å²) in [5.41, 5.74) is -0.784. The predicted octanol–water partition coefficient (Wildman–Crippen LogP) is -1.49. The topological polar surface area (TPSA) is 128 Å². The molecule has 0 spiro atoms. The normalized spacial score (nSPS) is 25.5. The molecule has 3 unspecified atom stereocenters. The molecule has 2 rings (SSSR count). The first-order chi connectivity index (χ1) is 10.2. The number of nitrogens with zero attached hydrogens (tertiary/aromatic N) is 1. The van der Waals surface area contributed by atoms with Gasteiger partial charge in [-0.3, -0.25) is 14.3 Å². The minimum Gasteiger partial charge on any atom is -0.394 e. The van der Waals surface area contributed by atoms with Gasteiger partial charge in [0.05, 0.1) is 12.7 Å². The van der Waals surface area contributed by atoms with Crippen molar-refractivity contribution in [3.8, 4) is 0 Å². The Labute approximate surface area is 126 Å². The molecule has 0 aromatic carbocycles. The molecule has 0 amide bonds. The highest BCUT2D eigenvalue weighted by Gasteiger charge is 2.37. The van der Waals surface area contributed by atoms with Crippen LogP contribution in [0.25, 0.3) is 0 Å². The fourth-order valence-corrected chi connectivity index (χ4v) is 2.64. The number of aromatic amines is 1. The zero-order valence-electron chi connectivity index (χ0n) is 12.2. The zero-order valence-corrected chi connectivity index (χ0v) is 13.0. The van der Waals surface area contributed by atoms with E-state index in [1.807, 2.05) is 0 Å². The van der Waals surface area contributed by atoms with Gasteiger partial charge in [-0.2, -0.15) is 0 Å². The van der Waals surface area contributed by atoms with Crippen LogP contribution in [0.15, 0.2) is 15.8 Å². The van der Waals surface area contributed by atoms with Crippen molar-refractivity contribution in [2.45, 2.75) is 31.8 Å². The van der Waals surface area contributed by atoms with Crippen LogP contribution < -0.4 is 11.2 Å². The Morgan fingerprint density at radius 2 is 2.18 bits per heavy atom. The Kier molecular flexibility index (Phi) is 4.85. The van der Waals surface area contributed by atoms with E-state index in [9.17, 15) is 23.1 Å². The van der Waals surface area contributed by atoms with Gasteiger partial charge in [0.1, 0.15) is 18.3 Å². The molecule has 1 fully saturated rings. The lowest BCUT2D eigenvalue weighted by molar-refractivity contribution is -0.0560. The fraction of sp³-hybridized carbons (Fsp3) is 0.667. The predicted molar refractivity (Wildman–Crippen MR) is 76.3 cm³/mol. The van der Waals surface area contributed by atoms with Gasteiger partial charge in [-0.05, 0) is 6.92 Å². The maximum Gasteiger partial charge on any atom is 0.330 e. The van der Waals surface area contributed by atoms with Crippen molar-refractivity contribution in [1.82, 2.24) is 9.55 Å². The van der Waals surface area contributed by atoms with E-state index in [0.29, 0.717) is 5.56 Å². The molecule has 0 bridgehead atoms. The molecule has 0 radical (unpaired) electrons. The summed E-state index contributed by atoms with van der Waals surface area (Å²) in [7, 11) is -3.32. The minimum absolute atomic E-state index is 0.187.